The van der Waals surface area contributed by atoms with Gasteiger partial charge in [-0.1, -0.05) is 13.0 Å². The van der Waals surface area contributed by atoms with Gasteiger partial charge in [0.15, 0.2) is 5.96 Å². The summed E-state index contributed by atoms with van der Waals surface area (Å²) in [6.07, 6.45) is 2.44. The number of aliphatic imine (C=N–C) groups is 1. The van der Waals surface area contributed by atoms with Gasteiger partial charge < -0.3 is 20.4 Å². The second-order valence-corrected chi connectivity index (χ2v) is 6.95. The number of piperazine rings is 1. The minimum Gasteiger partial charge on any atom is -0.356 e. The highest BCUT2D eigenvalue weighted by Crippen LogP contribution is 2.07. The third-order valence-corrected chi connectivity index (χ3v) is 5.22. The van der Waals surface area contributed by atoms with Crippen molar-refractivity contribution in [1.29, 1.82) is 0 Å². The average Bonchev–Trinajstić information content (AvgIpc) is 3.11. The van der Waals surface area contributed by atoms with E-state index in [1.54, 1.807) is 11.3 Å². The zero-order chi connectivity index (χ0) is 16.3. The minimum atomic E-state index is 0.846. The molecule has 0 saturated carbocycles. The number of likely N-dealkylation sites (N-methyl/N-ethyl adjacent to an activating group) is 1. The normalized spacial score (nSPS) is 17.4. The van der Waals surface area contributed by atoms with Crippen molar-refractivity contribution in [3.05, 3.63) is 22.4 Å². The van der Waals surface area contributed by atoms with Crippen LogP contribution in [-0.4, -0.2) is 68.6 Å². The minimum absolute atomic E-state index is 0.846. The van der Waals surface area contributed by atoms with E-state index in [4.69, 9.17) is 0 Å². The van der Waals surface area contributed by atoms with Crippen LogP contribution in [0.25, 0.3) is 0 Å². The fraction of sp³-hybridized carbons (Fsp3) is 0.706. The molecule has 1 saturated heterocycles. The fourth-order valence-corrected chi connectivity index (χ4v) is 3.45. The second kappa shape index (κ2) is 10.6. The summed E-state index contributed by atoms with van der Waals surface area (Å²) in [4.78, 5) is 10.7. The molecule has 1 aromatic heterocycles. The maximum absolute atomic E-state index is 4.28. The van der Waals surface area contributed by atoms with Crippen LogP contribution in [0.1, 0.15) is 24.6 Å². The van der Waals surface area contributed by atoms with E-state index in [0.717, 1.165) is 19.0 Å². The molecule has 2 rings (SSSR count). The molecule has 1 fully saturated rings. The molecule has 6 heteroatoms. The Bertz CT molecular complexity index is 438. The summed E-state index contributed by atoms with van der Waals surface area (Å²) in [5.74, 6) is 0.898. The second-order valence-electron chi connectivity index (χ2n) is 5.91. The van der Waals surface area contributed by atoms with Crippen LogP contribution in [0.3, 0.4) is 0 Å². The first-order valence-corrected chi connectivity index (χ1v) is 9.61. The first-order chi connectivity index (χ1) is 11.3. The summed E-state index contributed by atoms with van der Waals surface area (Å²) in [6, 6.07) is 4.22. The quantitative estimate of drug-likeness (QED) is 0.431. The largest absolute Gasteiger partial charge is 0.356 e. The third kappa shape index (κ3) is 6.89. The van der Waals surface area contributed by atoms with Crippen molar-refractivity contribution in [2.75, 3.05) is 52.9 Å². The van der Waals surface area contributed by atoms with Crippen LogP contribution >= 0.6 is 11.3 Å². The molecule has 0 aliphatic carbocycles. The predicted octanol–water partition coefficient (Wildman–Crippen LogP) is 1.83. The smallest absolute Gasteiger partial charge is 0.191 e. The van der Waals surface area contributed by atoms with Gasteiger partial charge in [-0.25, -0.2) is 0 Å². The molecular weight excluding hydrogens is 306 g/mol. The Morgan fingerprint density at radius 1 is 1.17 bits per heavy atom. The molecule has 23 heavy (non-hydrogen) atoms. The van der Waals surface area contributed by atoms with Crippen LogP contribution in [0, 0.1) is 0 Å². The first-order valence-electron chi connectivity index (χ1n) is 8.73. The number of guanidine groups is 1. The molecule has 1 aliphatic rings. The maximum atomic E-state index is 4.28. The number of nitrogens with zero attached hydrogens (tertiary/aromatic N) is 3. The number of rotatable bonds is 8. The number of hydrogen-bond acceptors (Lipinski definition) is 4. The Balaban J connectivity index is 1.50. The van der Waals surface area contributed by atoms with Gasteiger partial charge in [0, 0.05) is 44.6 Å². The van der Waals surface area contributed by atoms with Crippen molar-refractivity contribution in [3.63, 3.8) is 0 Å². The van der Waals surface area contributed by atoms with Crippen molar-refractivity contribution >= 4 is 17.3 Å². The van der Waals surface area contributed by atoms with Gasteiger partial charge >= 0.3 is 0 Å². The number of hydrogen-bond donors (Lipinski definition) is 2. The summed E-state index contributed by atoms with van der Waals surface area (Å²) in [6.45, 7) is 11.4. The van der Waals surface area contributed by atoms with Crippen LogP contribution in [0.2, 0.25) is 0 Å². The molecule has 1 aliphatic heterocycles. The van der Waals surface area contributed by atoms with Gasteiger partial charge in [0.05, 0.1) is 6.54 Å². The molecule has 0 bridgehead atoms. The zero-order valence-electron chi connectivity index (χ0n) is 14.6. The summed E-state index contributed by atoms with van der Waals surface area (Å²) in [5, 5.41) is 8.86. The summed E-state index contributed by atoms with van der Waals surface area (Å²) < 4.78 is 0. The molecule has 1 aromatic rings. The van der Waals surface area contributed by atoms with Gasteiger partial charge in [0.2, 0.25) is 0 Å². The third-order valence-electron chi connectivity index (χ3n) is 4.34. The Kier molecular flexibility index (Phi) is 8.42. The number of unbranched alkanes of at least 4 members (excludes halogenated alkanes) is 1. The molecule has 0 atom stereocenters. The highest BCUT2D eigenvalue weighted by molar-refractivity contribution is 7.09. The lowest BCUT2D eigenvalue weighted by atomic mass is 10.2. The lowest BCUT2D eigenvalue weighted by Gasteiger charge is -2.34. The van der Waals surface area contributed by atoms with E-state index in [9.17, 15) is 0 Å². The molecule has 130 valence electrons. The SMILES string of the molecule is CCN1CCN(CCCCNC(=NC)NCc2cccs2)CC1. The molecule has 0 unspecified atom stereocenters. The number of thiophene rings is 1. The van der Waals surface area contributed by atoms with Crippen molar-refractivity contribution < 1.29 is 0 Å². The molecule has 2 heterocycles. The van der Waals surface area contributed by atoms with E-state index in [-0.39, 0.29) is 0 Å². The van der Waals surface area contributed by atoms with Crippen molar-refractivity contribution in [2.24, 2.45) is 4.99 Å². The van der Waals surface area contributed by atoms with Gasteiger partial charge in [-0.15, -0.1) is 11.3 Å². The van der Waals surface area contributed by atoms with E-state index >= 15 is 0 Å². The van der Waals surface area contributed by atoms with Crippen LogP contribution < -0.4 is 10.6 Å². The van der Waals surface area contributed by atoms with Gasteiger partial charge in [-0.2, -0.15) is 0 Å². The van der Waals surface area contributed by atoms with Gasteiger partial charge in [-0.3, -0.25) is 4.99 Å². The van der Waals surface area contributed by atoms with Crippen LogP contribution in [-0.2, 0) is 6.54 Å². The Morgan fingerprint density at radius 2 is 1.96 bits per heavy atom. The number of nitrogens with one attached hydrogen (secondary N) is 2. The molecule has 0 aromatic carbocycles. The molecular formula is C17H31N5S. The molecule has 5 nitrogen and oxygen atoms in total. The van der Waals surface area contributed by atoms with Crippen molar-refractivity contribution in [1.82, 2.24) is 20.4 Å². The van der Waals surface area contributed by atoms with E-state index in [0.29, 0.717) is 0 Å². The Morgan fingerprint density at radius 3 is 2.61 bits per heavy atom. The molecule has 0 amide bonds. The summed E-state index contributed by atoms with van der Waals surface area (Å²) in [7, 11) is 1.83. The zero-order valence-corrected chi connectivity index (χ0v) is 15.4. The Hall–Kier alpha value is -1.11. The first kappa shape index (κ1) is 18.2. The van der Waals surface area contributed by atoms with Crippen molar-refractivity contribution in [3.8, 4) is 0 Å². The fourth-order valence-electron chi connectivity index (χ4n) is 2.80. The standard InChI is InChI=1S/C17H31N5S/c1-3-21-10-12-22(13-11-21)9-5-4-8-19-17(18-2)20-15-16-7-6-14-23-16/h6-7,14H,3-5,8-13,15H2,1-2H3,(H2,18,19,20). The van der Waals surface area contributed by atoms with Crippen LogP contribution in [0.15, 0.2) is 22.5 Å². The van der Waals surface area contributed by atoms with Gasteiger partial charge in [-0.05, 0) is 37.4 Å². The van der Waals surface area contributed by atoms with E-state index in [1.807, 2.05) is 7.05 Å². The van der Waals surface area contributed by atoms with E-state index in [1.165, 1.54) is 57.0 Å². The lowest BCUT2D eigenvalue weighted by molar-refractivity contribution is 0.136. The van der Waals surface area contributed by atoms with E-state index < -0.39 is 0 Å². The molecule has 2 N–H and O–H groups in total. The Labute approximate surface area is 144 Å². The molecule has 0 radical (unpaired) electrons. The predicted molar refractivity (Wildman–Crippen MR) is 100 cm³/mol. The summed E-state index contributed by atoms with van der Waals surface area (Å²) in [5.41, 5.74) is 0. The topological polar surface area (TPSA) is 42.9 Å². The highest BCUT2D eigenvalue weighted by Gasteiger charge is 2.14. The van der Waals surface area contributed by atoms with Crippen molar-refractivity contribution in [2.45, 2.75) is 26.3 Å². The summed E-state index contributed by atoms with van der Waals surface area (Å²) >= 11 is 1.77. The van der Waals surface area contributed by atoms with E-state index in [2.05, 4.69) is 49.9 Å². The monoisotopic (exact) mass is 337 g/mol. The van der Waals surface area contributed by atoms with Gasteiger partial charge in [0.25, 0.3) is 0 Å². The van der Waals surface area contributed by atoms with Crippen LogP contribution in [0.5, 0.6) is 0 Å². The average molecular weight is 338 g/mol. The maximum Gasteiger partial charge on any atom is 0.191 e. The highest BCUT2D eigenvalue weighted by atomic mass is 32.1. The van der Waals surface area contributed by atoms with Gasteiger partial charge in [0.1, 0.15) is 0 Å². The molecule has 0 spiro atoms. The lowest BCUT2D eigenvalue weighted by Crippen LogP contribution is -2.46. The van der Waals surface area contributed by atoms with Crippen LogP contribution in [0.4, 0.5) is 0 Å².